The molecule has 3 atom stereocenters. The van der Waals surface area contributed by atoms with Gasteiger partial charge in [0.2, 0.25) is 0 Å². The Morgan fingerprint density at radius 2 is 1.88 bits per heavy atom. The summed E-state index contributed by atoms with van der Waals surface area (Å²) >= 11 is 0. The molecular formula is C22H24N2O. The van der Waals surface area contributed by atoms with Crippen molar-refractivity contribution in [3.63, 3.8) is 0 Å². The Labute approximate surface area is 149 Å². The molecule has 2 heterocycles. The van der Waals surface area contributed by atoms with E-state index in [0.717, 1.165) is 25.0 Å². The average Bonchev–Trinajstić information content (AvgIpc) is 3.09. The van der Waals surface area contributed by atoms with Gasteiger partial charge in [0, 0.05) is 24.8 Å². The lowest BCUT2D eigenvalue weighted by atomic mass is 9.81. The molecule has 0 aromatic heterocycles. The van der Waals surface area contributed by atoms with Gasteiger partial charge < -0.3 is 4.74 Å². The maximum Gasteiger partial charge on any atom is 0.198 e. The van der Waals surface area contributed by atoms with Crippen LogP contribution < -0.4 is 4.74 Å². The van der Waals surface area contributed by atoms with Crippen molar-refractivity contribution in [3.8, 4) is 5.75 Å². The van der Waals surface area contributed by atoms with Crippen molar-refractivity contribution in [1.82, 2.24) is 5.01 Å². The number of rotatable bonds is 1. The van der Waals surface area contributed by atoms with Crippen LogP contribution in [0.5, 0.6) is 5.75 Å². The number of nitrogens with zero attached hydrogens (tertiary/aromatic N) is 2. The van der Waals surface area contributed by atoms with E-state index < -0.39 is 0 Å². The largest absolute Gasteiger partial charge is 0.466 e. The highest BCUT2D eigenvalue weighted by atomic mass is 16.5. The Balaban J connectivity index is 1.61. The van der Waals surface area contributed by atoms with Crippen molar-refractivity contribution in [3.05, 3.63) is 65.7 Å². The standard InChI is InChI=1S/C22H24N2O/c1-16-8-7-13-22(15-16)24-20(18-11-5-6-12-21(18)25-22)14-19(23-24)17-9-3-2-4-10-17/h2-6,9-12,16,20H,7-8,13-15H2,1H3. The molecule has 0 amide bonds. The van der Waals surface area contributed by atoms with E-state index in [1.54, 1.807) is 0 Å². The lowest BCUT2D eigenvalue weighted by molar-refractivity contribution is -0.149. The molecule has 1 saturated carbocycles. The molecular weight excluding hydrogens is 308 g/mol. The molecule has 1 fully saturated rings. The van der Waals surface area contributed by atoms with Gasteiger partial charge in [0.25, 0.3) is 0 Å². The molecule has 3 aliphatic rings. The first kappa shape index (κ1) is 15.0. The maximum absolute atomic E-state index is 6.65. The van der Waals surface area contributed by atoms with Crippen LogP contribution in [0.1, 0.15) is 56.2 Å². The minimum Gasteiger partial charge on any atom is -0.466 e. The van der Waals surface area contributed by atoms with Crippen molar-refractivity contribution in [2.24, 2.45) is 11.0 Å². The van der Waals surface area contributed by atoms with Crippen molar-refractivity contribution in [2.45, 2.75) is 50.8 Å². The van der Waals surface area contributed by atoms with Crippen LogP contribution >= 0.6 is 0 Å². The number of hydrazone groups is 1. The highest BCUT2D eigenvalue weighted by Crippen LogP contribution is 2.51. The molecule has 128 valence electrons. The van der Waals surface area contributed by atoms with E-state index in [0.29, 0.717) is 12.0 Å². The second kappa shape index (κ2) is 5.62. The first-order valence-corrected chi connectivity index (χ1v) is 9.45. The molecule has 0 saturated heterocycles. The number of hydrogen-bond donors (Lipinski definition) is 0. The molecule has 1 aliphatic carbocycles. The fourth-order valence-electron chi connectivity index (χ4n) is 4.81. The molecule has 2 aliphatic heterocycles. The van der Waals surface area contributed by atoms with E-state index in [4.69, 9.17) is 9.84 Å². The van der Waals surface area contributed by atoms with Crippen molar-refractivity contribution >= 4 is 5.71 Å². The van der Waals surface area contributed by atoms with Gasteiger partial charge >= 0.3 is 0 Å². The van der Waals surface area contributed by atoms with E-state index in [9.17, 15) is 0 Å². The molecule has 0 radical (unpaired) electrons. The third kappa shape index (κ3) is 2.37. The minimum absolute atomic E-state index is 0.271. The maximum atomic E-state index is 6.65. The van der Waals surface area contributed by atoms with Gasteiger partial charge in [0.15, 0.2) is 5.72 Å². The molecule has 0 N–H and O–H groups in total. The predicted octanol–water partition coefficient (Wildman–Crippen LogP) is 5.14. The Kier molecular flexibility index (Phi) is 3.37. The molecule has 3 nitrogen and oxygen atoms in total. The molecule has 5 rings (SSSR count). The zero-order chi connectivity index (χ0) is 16.9. The Morgan fingerprint density at radius 1 is 1.08 bits per heavy atom. The zero-order valence-corrected chi connectivity index (χ0v) is 14.7. The Bertz CT molecular complexity index is 816. The van der Waals surface area contributed by atoms with E-state index in [1.807, 2.05) is 0 Å². The van der Waals surface area contributed by atoms with Gasteiger partial charge in [-0.05, 0) is 24.0 Å². The first-order chi connectivity index (χ1) is 12.3. The van der Waals surface area contributed by atoms with Gasteiger partial charge in [-0.15, -0.1) is 0 Å². The molecule has 3 unspecified atom stereocenters. The van der Waals surface area contributed by atoms with Crippen LogP contribution in [0.25, 0.3) is 0 Å². The molecule has 25 heavy (non-hydrogen) atoms. The van der Waals surface area contributed by atoms with Crippen LogP contribution in [0, 0.1) is 5.92 Å². The third-order valence-corrected chi connectivity index (χ3v) is 5.94. The van der Waals surface area contributed by atoms with Crippen LogP contribution in [0.2, 0.25) is 0 Å². The summed E-state index contributed by atoms with van der Waals surface area (Å²) in [7, 11) is 0. The van der Waals surface area contributed by atoms with Gasteiger partial charge in [-0.25, -0.2) is 5.01 Å². The number of fused-ring (bicyclic) bond motifs is 4. The van der Waals surface area contributed by atoms with Gasteiger partial charge in [-0.1, -0.05) is 61.9 Å². The summed E-state index contributed by atoms with van der Waals surface area (Å²) < 4.78 is 6.65. The van der Waals surface area contributed by atoms with E-state index >= 15 is 0 Å². The van der Waals surface area contributed by atoms with Crippen molar-refractivity contribution in [1.29, 1.82) is 0 Å². The van der Waals surface area contributed by atoms with Gasteiger partial charge in [0.1, 0.15) is 5.75 Å². The third-order valence-electron chi connectivity index (χ3n) is 5.94. The second-order valence-electron chi connectivity index (χ2n) is 7.76. The second-order valence-corrected chi connectivity index (χ2v) is 7.76. The summed E-state index contributed by atoms with van der Waals surface area (Å²) in [4.78, 5) is 0. The van der Waals surface area contributed by atoms with Gasteiger partial charge in [0.05, 0.1) is 11.8 Å². The monoisotopic (exact) mass is 332 g/mol. The smallest absolute Gasteiger partial charge is 0.198 e. The van der Waals surface area contributed by atoms with Crippen molar-refractivity contribution < 1.29 is 4.74 Å². The average molecular weight is 332 g/mol. The Morgan fingerprint density at radius 3 is 2.72 bits per heavy atom. The van der Waals surface area contributed by atoms with Crippen LogP contribution in [-0.4, -0.2) is 16.4 Å². The minimum atomic E-state index is -0.271. The van der Waals surface area contributed by atoms with E-state index in [1.165, 1.54) is 29.7 Å². The summed E-state index contributed by atoms with van der Waals surface area (Å²) in [6, 6.07) is 19.4. The van der Waals surface area contributed by atoms with E-state index in [-0.39, 0.29) is 5.72 Å². The molecule has 2 aromatic carbocycles. The normalized spacial score (nSPS) is 30.4. The Hall–Kier alpha value is -2.29. The number of benzene rings is 2. The quantitative estimate of drug-likeness (QED) is 0.722. The molecule has 1 spiro atoms. The number of ether oxygens (including phenoxy) is 1. The molecule has 3 heteroatoms. The lowest BCUT2D eigenvalue weighted by Crippen LogP contribution is -2.55. The van der Waals surface area contributed by atoms with Crippen molar-refractivity contribution in [2.75, 3.05) is 0 Å². The highest BCUT2D eigenvalue weighted by Gasteiger charge is 2.51. The van der Waals surface area contributed by atoms with Crippen LogP contribution in [0.15, 0.2) is 59.7 Å². The summed E-state index contributed by atoms with van der Waals surface area (Å²) in [5.74, 6) is 1.73. The zero-order valence-electron chi connectivity index (χ0n) is 14.7. The van der Waals surface area contributed by atoms with Gasteiger partial charge in [-0.3, -0.25) is 0 Å². The molecule has 2 aromatic rings. The highest BCUT2D eigenvalue weighted by molar-refractivity contribution is 6.01. The van der Waals surface area contributed by atoms with E-state index in [2.05, 4.69) is 66.5 Å². The summed E-state index contributed by atoms with van der Waals surface area (Å²) in [6.07, 6.45) is 5.58. The fourth-order valence-corrected chi connectivity index (χ4v) is 4.81. The van der Waals surface area contributed by atoms with Crippen LogP contribution in [-0.2, 0) is 0 Å². The fraction of sp³-hybridized carbons (Fsp3) is 0.409. The topological polar surface area (TPSA) is 24.8 Å². The van der Waals surface area contributed by atoms with Crippen LogP contribution in [0.4, 0.5) is 0 Å². The predicted molar refractivity (Wildman–Crippen MR) is 99.6 cm³/mol. The summed E-state index contributed by atoms with van der Waals surface area (Å²) in [5.41, 5.74) is 3.42. The summed E-state index contributed by atoms with van der Waals surface area (Å²) in [6.45, 7) is 2.34. The lowest BCUT2D eigenvalue weighted by Gasteiger charge is -2.50. The van der Waals surface area contributed by atoms with Gasteiger partial charge in [-0.2, -0.15) is 5.10 Å². The number of para-hydroxylation sites is 1. The SMILES string of the molecule is CC1CCCC2(C1)Oc1ccccc1C1CC(c3ccccc3)=NN12. The summed E-state index contributed by atoms with van der Waals surface area (Å²) in [5, 5.41) is 7.43. The first-order valence-electron chi connectivity index (χ1n) is 9.45. The molecule has 0 bridgehead atoms. The number of hydrogen-bond acceptors (Lipinski definition) is 3. The van der Waals surface area contributed by atoms with Crippen LogP contribution in [0.3, 0.4) is 0 Å².